The van der Waals surface area contributed by atoms with Crippen LogP contribution < -0.4 is 10.6 Å². The summed E-state index contributed by atoms with van der Waals surface area (Å²) in [5, 5.41) is 7.16. The van der Waals surface area contributed by atoms with Gasteiger partial charge in [0.1, 0.15) is 0 Å². The molecule has 0 amide bonds. The van der Waals surface area contributed by atoms with Gasteiger partial charge in [-0.3, -0.25) is 0 Å². The van der Waals surface area contributed by atoms with Crippen LogP contribution in [0.25, 0.3) is 11.1 Å². The lowest BCUT2D eigenvalue weighted by atomic mass is 10.0. The van der Waals surface area contributed by atoms with Gasteiger partial charge < -0.3 is 15.4 Å². The molecule has 3 nitrogen and oxygen atoms in total. The smallest absolute Gasteiger partial charge is 0.170 e. The number of nitrogens with one attached hydrogen (secondary N) is 2. The van der Waals surface area contributed by atoms with Crippen LogP contribution in [0.5, 0.6) is 0 Å². The second-order valence-electron chi connectivity index (χ2n) is 5.26. The Kier molecular flexibility index (Phi) is 7.57. The van der Waals surface area contributed by atoms with Gasteiger partial charge in [0.15, 0.2) is 5.11 Å². The molecule has 122 valence electrons. The van der Waals surface area contributed by atoms with E-state index in [2.05, 4.69) is 35.8 Å². The first-order valence-electron chi connectivity index (χ1n) is 8.08. The molecule has 0 aliphatic rings. The van der Waals surface area contributed by atoms with Crippen molar-refractivity contribution in [3.05, 3.63) is 54.6 Å². The molecule has 2 aromatic rings. The van der Waals surface area contributed by atoms with E-state index in [1.807, 2.05) is 36.4 Å². The van der Waals surface area contributed by atoms with Crippen molar-refractivity contribution in [1.29, 1.82) is 0 Å². The second-order valence-corrected chi connectivity index (χ2v) is 5.67. The van der Waals surface area contributed by atoms with Crippen molar-refractivity contribution in [2.45, 2.75) is 19.8 Å². The highest BCUT2D eigenvalue weighted by Gasteiger charge is 2.05. The van der Waals surface area contributed by atoms with Crippen LogP contribution in [0.1, 0.15) is 19.8 Å². The van der Waals surface area contributed by atoms with Gasteiger partial charge in [0, 0.05) is 31.0 Å². The molecule has 0 bridgehead atoms. The molecule has 0 unspecified atom stereocenters. The quantitative estimate of drug-likeness (QED) is 0.554. The second kappa shape index (κ2) is 9.98. The number of rotatable bonds is 8. The molecule has 0 radical (unpaired) electrons. The predicted octanol–water partition coefficient (Wildman–Crippen LogP) is 4.46. The number of hydrogen-bond donors (Lipinski definition) is 2. The number of para-hydroxylation sites is 1. The SMILES string of the molecule is CCCOCCCNC(=S)Nc1ccccc1-c1ccccc1. The van der Waals surface area contributed by atoms with Crippen molar-refractivity contribution >= 4 is 23.0 Å². The van der Waals surface area contributed by atoms with Crippen molar-refractivity contribution in [2.75, 3.05) is 25.1 Å². The lowest BCUT2D eigenvalue weighted by Gasteiger charge is -2.14. The average Bonchev–Trinajstić information content (AvgIpc) is 2.59. The molecule has 23 heavy (non-hydrogen) atoms. The summed E-state index contributed by atoms with van der Waals surface area (Å²) in [6, 6.07) is 18.5. The standard InChI is InChI=1S/C19H24N2OS/c1-2-14-22-15-8-13-20-19(23)21-18-12-7-6-11-17(18)16-9-4-3-5-10-16/h3-7,9-12H,2,8,13-15H2,1H3,(H2,20,21,23). The van der Waals surface area contributed by atoms with E-state index < -0.39 is 0 Å². The van der Waals surface area contributed by atoms with Crippen molar-refractivity contribution in [2.24, 2.45) is 0 Å². The normalized spacial score (nSPS) is 10.3. The Morgan fingerprint density at radius 2 is 1.74 bits per heavy atom. The topological polar surface area (TPSA) is 33.3 Å². The lowest BCUT2D eigenvalue weighted by molar-refractivity contribution is 0.133. The monoisotopic (exact) mass is 328 g/mol. The van der Waals surface area contributed by atoms with Crippen LogP contribution in [0.15, 0.2) is 54.6 Å². The van der Waals surface area contributed by atoms with Crippen LogP contribution in [0, 0.1) is 0 Å². The van der Waals surface area contributed by atoms with Gasteiger partial charge >= 0.3 is 0 Å². The third kappa shape index (κ3) is 6.00. The Balaban J connectivity index is 1.87. The van der Waals surface area contributed by atoms with Gasteiger partial charge in [-0.15, -0.1) is 0 Å². The zero-order chi connectivity index (χ0) is 16.3. The largest absolute Gasteiger partial charge is 0.381 e. The van der Waals surface area contributed by atoms with E-state index >= 15 is 0 Å². The molecule has 0 saturated carbocycles. The fourth-order valence-corrected chi connectivity index (χ4v) is 2.46. The minimum absolute atomic E-state index is 0.642. The summed E-state index contributed by atoms with van der Waals surface area (Å²) in [5.74, 6) is 0. The molecule has 0 aromatic heterocycles. The Labute approximate surface area is 144 Å². The first-order chi connectivity index (χ1) is 11.3. The molecule has 2 rings (SSSR count). The highest BCUT2D eigenvalue weighted by atomic mass is 32.1. The van der Waals surface area contributed by atoms with Gasteiger partial charge in [0.25, 0.3) is 0 Å². The minimum Gasteiger partial charge on any atom is -0.381 e. The van der Waals surface area contributed by atoms with E-state index in [-0.39, 0.29) is 0 Å². The van der Waals surface area contributed by atoms with Gasteiger partial charge in [-0.25, -0.2) is 0 Å². The Morgan fingerprint density at radius 1 is 1.00 bits per heavy atom. The summed E-state index contributed by atoms with van der Waals surface area (Å²) < 4.78 is 5.46. The van der Waals surface area contributed by atoms with E-state index in [0.29, 0.717) is 5.11 Å². The maximum absolute atomic E-state index is 5.46. The van der Waals surface area contributed by atoms with Gasteiger partial charge in [0.05, 0.1) is 0 Å². The highest BCUT2D eigenvalue weighted by molar-refractivity contribution is 7.80. The minimum atomic E-state index is 0.642. The van der Waals surface area contributed by atoms with Crippen LogP contribution in [-0.4, -0.2) is 24.9 Å². The Bertz CT molecular complexity index is 601. The summed E-state index contributed by atoms with van der Waals surface area (Å²) in [5.41, 5.74) is 3.33. The van der Waals surface area contributed by atoms with Crippen LogP contribution in [0.2, 0.25) is 0 Å². The van der Waals surface area contributed by atoms with Crippen LogP contribution in [0.3, 0.4) is 0 Å². The van der Waals surface area contributed by atoms with Gasteiger partial charge in [-0.05, 0) is 36.7 Å². The van der Waals surface area contributed by atoms with Crippen LogP contribution >= 0.6 is 12.2 Å². The summed E-state index contributed by atoms with van der Waals surface area (Å²) >= 11 is 5.38. The zero-order valence-electron chi connectivity index (χ0n) is 13.5. The molecular weight excluding hydrogens is 304 g/mol. The average molecular weight is 328 g/mol. The van der Waals surface area contributed by atoms with E-state index in [0.717, 1.165) is 43.9 Å². The maximum Gasteiger partial charge on any atom is 0.170 e. The van der Waals surface area contributed by atoms with Gasteiger partial charge in [0.2, 0.25) is 0 Å². The molecule has 4 heteroatoms. The van der Waals surface area contributed by atoms with Gasteiger partial charge in [-0.2, -0.15) is 0 Å². The zero-order valence-corrected chi connectivity index (χ0v) is 14.4. The Hall–Kier alpha value is -1.91. The molecule has 2 aromatic carbocycles. The van der Waals surface area contributed by atoms with Crippen molar-refractivity contribution in [3.8, 4) is 11.1 Å². The fourth-order valence-electron chi connectivity index (χ4n) is 2.25. The van der Waals surface area contributed by atoms with Crippen molar-refractivity contribution in [3.63, 3.8) is 0 Å². The predicted molar refractivity (Wildman–Crippen MR) is 102 cm³/mol. The van der Waals surface area contributed by atoms with Crippen molar-refractivity contribution < 1.29 is 4.74 Å². The molecule has 0 aliphatic heterocycles. The molecule has 0 spiro atoms. The number of anilines is 1. The number of benzene rings is 2. The maximum atomic E-state index is 5.46. The summed E-state index contributed by atoms with van der Waals surface area (Å²) in [4.78, 5) is 0. The third-order valence-corrected chi connectivity index (χ3v) is 3.61. The van der Waals surface area contributed by atoms with Crippen molar-refractivity contribution in [1.82, 2.24) is 5.32 Å². The van der Waals surface area contributed by atoms with Gasteiger partial charge in [-0.1, -0.05) is 55.5 Å². The first kappa shape index (κ1) is 17.4. The molecule has 0 fully saturated rings. The summed E-state index contributed by atoms with van der Waals surface area (Å²) in [6.07, 6.45) is 2.01. The summed E-state index contributed by atoms with van der Waals surface area (Å²) in [7, 11) is 0. The molecule has 0 saturated heterocycles. The number of thiocarbonyl (C=S) groups is 1. The molecule has 0 atom stereocenters. The fraction of sp³-hybridized carbons (Fsp3) is 0.316. The third-order valence-electron chi connectivity index (χ3n) is 3.36. The first-order valence-corrected chi connectivity index (χ1v) is 8.49. The van der Waals surface area contributed by atoms with E-state index in [1.165, 1.54) is 5.56 Å². The van der Waals surface area contributed by atoms with E-state index in [9.17, 15) is 0 Å². The molecule has 2 N–H and O–H groups in total. The molecular formula is C19H24N2OS. The van der Waals surface area contributed by atoms with Crippen LogP contribution in [0.4, 0.5) is 5.69 Å². The lowest BCUT2D eigenvalue weighted by Crippen LogP contribution is -2.30. The Morgan fingerprint density at radius 3 is 2.52 bits per heavy atom. The number of ether oxygens (including phenoxy) is 1. The number of hydrogen-bond acceptors (Lipinski definition) is 2. The highest BCUT2D eigenvalue weighted by Crippen LogP contribution is 2.27. The van der Waals surface area contributed by atoms with Crippen LogP contribution in [-0.2, 0) is 4.74 Å². The van der Waals surface area contributed by atoms with E-state index in [1.54, 1.807) is 0 Å². The van der Waals surface area contributed by atoms with E-state index in [4.69, 9.17) is 17.0 Å². The summed E-state index contributed by atoms with van der Waals surface area (Å²) in [6.45, 7) is 4.52. The molecule has 0 heterocycles. The molecule has 0 aliphatic carbocycles.